The molecule has 0 spiro atoms. The summed E-state index contributed by atoms with van der Waals surface area (Å²) in [5.41, 5.74) is 0.737. The van der Waals surface area contributed by atoms with Crippen LogP contribution in [0.5, 0.6) is 0 Å². The third-order valence-electron chi connectivity index (χ3n) is 2.04. The second-order valence-electron chi connectivity index (χ2n) is 3.24. The van der Waals surface area contributed by atoms with Crippen LogP contribution in [0, 0.1) is 0 Å². The van der Waals surface area contributed by atoms with Gasteiger partial charge in [0.05, 0.1) is 5.02 Å². The van der Waals surface area contributed by atoms with Crippen molar-refractivity contribution in [1.82, 2.24) is 5.32 Å². The molecule has 0 saturated carbocycles. The number of halogens is 2. The molecule has 2 nitrogen and oxygen atoms in total. The van der Waals surface area contributed by atoms with E-state index in [1.807, 2.05) is 13.2 Å². The molecule has 92 valence electrons. The molecule has 0 aliphatic rings. The fourth-order valence-corrected chi connectivity index (χ4v) is 2.41. The van der Waals surface area contributed by atoms with Gasteiger partial charge in [-0.1, -0.05) is 23.2 Å². The van der Waals surface area contributed by atoms with Gasteiger partial charge in [0.2, 0.25) is 5.91 Å². The zero-order chi connectivity index (χ0) is 12.8. The summed E-state index contributed by atoms with van der Waals surface area (Å²) in [6.07, 6.45) is 5.03. The van der Waals surface area contributed by atoms with E-state index < -0.39 is 0 Å². The first kappa shape index (κ1) is 14.4. The molecule has 0 aliphatic heterocycles. The number of hydrogen-bond donors (Lipinski definition) is 1. The zero-order valence-corrected chi connectivity index (χ0v) is 11.9. The first-order valence-corrected chi connectivity index (χ1v) is 7.05. The summed E-state index contributed by atoms with van der Waals surface area (Å²) in [5, 5.41) is 3.89. The number of thioether (sulfide) groups is 1. The molecule has 1 N–H and O–H groups in total. The number of rotatable bonds is 4. The van der Waals surface area contributed by atoms with Crippen molar-refractivity contribution in [3.63, 3.8) is 0 Å². The Morgan fingerprint density at radius 2 is 2.12 bits per heavy atom. The zero-order valence-electron chi connectivity index (χ0n) is 9.59. The van der Waals surface area contributed by atoms with Crippen LogP contribution in [-0.4, -0.2) is 18.7 Å². The minimum Gasteiger partial charge on any atom is -0.353 e. The summed E-state index contributed by atoms with van der Waals surface area (Å²) < 4.78 is 0. The van der Waals surface area contributed by atoms with E-state index in [-0.39, 0.29) is 5.91 Å². The smallest absolute Gasteiger partial charge is 0.243 e. The topological polar surface area (TPSA) is 29.1 Å². The number of benzene rings is 1. The summed E-state index contributed by atoms with van der Waals surface area (Å²) in [5.74, 6) is -0.145. The summed E-state index contributed by atoms with van der Waals surface area (Å²) in [7, 11) is 0. The lowest BCUT2D eigenvalue weighted by Gasteiger charge is -2.04. The van der Waals surface area contributed by atoms with Gasteiger partial charge in [0.15, 0.2) is 0 Å². The largest absolute Gasteiger partial charge is 0.353 e. The van der Waals surface area contributed by atoms with E-state index in [2.05, 4.69) is 5.32 Å². The van der Waals surface area contributed by atoms with E-state index in [1.165, 1.54) is 17.8 Å². The molecule has 0 saturated heterocycles. The predicted molar refractivity (Wildman–Crippen MR) is 76.0 cm³/mol. The van der Waals surface area contributed by atoms with Gasteiger partial charge in [-0.3, -0.25) is 4.79 Å². The second-order valence-corrected chi connectivity index (χ2v) is 4.90. The van der Waals surface area contributed by atoms with Crippen molar-refractivity contribution in [1.29, 1.82) is 0 Å². The van der Waals surface area contributed by atoms with Crippen LogP contribution in [0.15, 0.2) is 23.1 Å². The average Bonchev–Trinajstić information content (AvgIpc) is 2.30. The highest BCUT2D eigenvalue weighted by Crippen LogP contribution is 2.31. The Morgan fingerprint density at radius 1 is 1.41 bits per heavy atom. The first-order chi connectivity index (χ1) is 8.08. The Hall–Kier alpha value is -0.640. The normalized spacial score (nSPS) is 10.8. The molecular formula is C12H13Cl2NOS. The highest BCUT2D eigenvalue weighted by Gasteiger charge is 2.05. The molecule has 0 aliphatic carbocycles. The number of hydrogen-bond acceptors (Lipinski definition) is 2. The molecular weight excluding hydrogens is 277 g/mol. The van der Waals surface area contributed by atoms with Gasteiger partial charge in [0.1, 0.15) is 0 Å². The highest BCUT2D eigenvalue weighted by molar-refractivity contribution is 7.98. The number of carbonyl (C=O) groups is 1. The van der Waals surface area contributed by atoms with Gasteiger partial charge in [-0.2, -0.15) is 0 Å². The molecule has 5 heteroatoms. The van der Waals surface area contributed by atoms with Crippen LogP contribution < -0.4 is 5.32 Å². The van der Waals surface area contributed by atoms with E-state index >= 15 is 0 Å². The lowest BCUT2D eigenvalue weighted by atomic mass is 10.2. The fourth-order valence-electron chi connectivity index (χ4n) is 1.23. The van der Waals surface area contributed by atoms with Crippen molar-refractivity contribution in [3.8, 4) is 0 Å². The third-order valence-corrected chi connectivity index (χ3v) is 3.57. The maximum atomic E-state index is 11.3. The number of nitrogens with one attached hydrogen (secondary N) is 1. The van der Waals surface area contributed by atoms with Crippen LogP contribution in [0.1, 0.15) is 12.5 Å². The van der Waals surface area contributed by atoms with Crippen molar-refractivity contribution in [2.75, 3.05) is 12.8 Å². The van der Waals surface area contributed by atoms with E-state index in [0.29, 0.717) is 16.6 Å². The van der Waals surface area contributed by atoms with Crippen LogP contribution in [-0.2, 0) is 4.79 Å². The van der Waals surface area contributed by atoms with Gasteiger partial charge < -0.3 is 5.32 Å². The molecule has 1 aromatic carbocycles. The Balaban J connectivity index is 2.92. The van der Waals surface area contributed by atoms with E-state index in [4.69, 9.17) is 23.2 Å². The van der Waals surface area contributed by atoms with Gasteiger partial charge in [-0.15, -0.1) is 11.8 Å². The molecule has 0 bridgehead atoms. The van der Waals surface area contributed by atoms with E-state index in [0.717, 1.165) is 10.5 Å². The molecule has 1 rings (SSSR count). The van der Waals surface area contributed by atoms with Crippen LogP contribution in [0.4, 0.5) is 0 Å². The Kier molecular flexibility index (Phi) is 5.89. The molecule has 0 fully saturated rings. The first-order valence-electron chi connectivity index (χ1n) is 5.07. The standard InChI is InChI=1S/C12H13Cl2NOS/c1-3-15-12(16)5-4-8-6-10(14)11(17-2)7-9(8)13/h4-7H,3H2,1-2H3,(H,15,16)/b5-4+. The maximum Gasteiger partial charge on any atom is 0.243 e. The van der Waals surface area contributed by atoms with E-state index in [9.17, 15) is 4.79 Å². The summed E-state index contributed by atoms with van der Waals surface area (Å²) in [6.45, 7) is 2.46. The second kappa shape index (κ2) is 6.94. The number of likely N-dealkylation sites (N-methyl/N-ethyl adjacent to an activating group) is 1. The van der Waals surface area contributed by atoms with Crippen molar-refractivity contribution >= 4 is 46.9 Å². The molecule has 17 heavy (non-hydrogen) atoms. The van der Waals surface area contributed by atoms with Crippen LogP contribution in [0.3, 0.4) is 0 Å². The minimum absolute atomic E-state index is 0.145. The quantitative estimate of drug-likeness (QED) is 0.674. The Labute approximate surface area is 115 Å². The SMILES string of the molecule is CCNC(=O)/C=C/c1cc(Cl)c(SC)cc1Cl. The maximum absolute atomic E-state index is 11.3. The molecule has 1 aromatic rings. The van der Waals surface area contributed by atoms with Gasteiger partial charge in [-0.05, 0) is 37.0 Å². The summed E-state index contributed by atoms with van der Waals surface area (Å²) in [6, 6.07) is 3.55. The van der Waals surface area contributed by atoms with Crippen molar-refractivity contribution in [2.24, 2.45) is 0 Å². The number of amides is 1. The van der Waals surface area contributed by atoms with Crippen molar-refractivity contribution < 1.29 is 4.79 Å². The van der Waals surface area contributed by atoms with Crippen LogP contribution in [0.2, 0.25) is 10.0 Å². The van der Waals surface area contributed by atoms with Crippen molar-refractivity contribution in [3.05, 3.63) is 33.8 Å². The van der Waals surface area contributed by atoms with E-state index in [1.54, 1.807) is 18.2 Å². The van der Waals surface area contributed by atoms with Crippen LogP contribution >= 0.6 is 35.0 Å². The van der Waals surface area contributed by atoms with Gasteiger partial charge >= 0.3 is 0 Å². The predicted octanol–water partition coefficient (Wildman–Crippen LogP) is 3.86. The minimum atomic E-state index is -0.145. The van der Waals surface area contributed by atoms with Gasteiger partial charge in [0, 0.05) is 22.5 Å². The Bertz CT molecular complexity index is 446. The number of carbonyl (C=O) groups excluding carboxylic acids is 1. The van der Waals surface area contributed by atoms with Gasteiger partial charge in [-0.25, -0.2) is 0 Å². The van der Waals surface area contributed by atoms with Crippen molar-refractivity contribution in [2.45, 2.75) is 11.8 Å². The molecule has 0 unspecified atom stereocenters. The molecule has 0 aromatic heterocycles. The monoisotopic (exact) mass is 289 g/mol. The average molecular weight is 290 g/mol. The Morgan fingerprint density at radius 3 is 2.71 bits per heavy atom. The van der Waals surface area contributed by atoms with Gasteiger partial charge in [0.25, 0.3) is 0 Å². The van der Waals surface area contributed by atoms with Crippen LogP contribution in [0.25, 0.3) is 6.08 Å². The molecule has 0 radical (unpaired) electrons. The molecule has 0 heterocycles. The highest BCUT2D eigenvalue weighted by atomic mass is 35.5. The summed E-state index contributed by atoms with van der Waals surface area (Å²) >= 11 is 13.7. The summed E-state index contributed by atoms with van der Waals surface area (Å²) in [4.78, 5) is 12.2. The molecule has 0 atom stereocenters. The third kappa shape index (κ3) is 4.26. The molecule has 1 amide bonds. The fraction of sp³-hybridized carbons (Fsp3) is 0.250. The lowest BCUT2D eigenvalue weighted by molar-refractivity contribution is -0.116. The lowest BCUT2D eigenvalue weighted by Crippen LogP contribution is -2.19.